The number of imidazole rings is 1. The van der Waals surface area contributed by atoms with Crippen LogP contribution in [0.4, 0.5) is 0 Å². The number of carbonyl (C=O) groups is 1. The second-order valence-electron chi connectivity index (χ2n) is 8.41. The molecule has 1 saturated heterocycles. The first kappa shape index (κ1) is 22.6. The Morgan fingerprint density at radius 3 is 2.52 bits per heavy atom. The predicted molar refractivity (Wildman–Crippen MR) is 131 cm³/mol. The Morgan fingerprint density at radius 2 is 1.79 bits per heavy atom. The lowest BCUT2D eigenvalue weighted by molar-refractivity contribution is -0.127. The van der Waals surface area contributed by atoms with Crippen molar-refractivity contribution in [3.05, 3.63) is 90.0 Å². The second kappa shape index (κ2) is 11.3. The fourth-order valence-electron chi connectivity index (χ4n) is 4.17. The van der Waals surface area contributed by atoms with E-state index >= 15 is 0 Å². The number of nitrogens with zero attached hydrogens (tertiary/aromatic N) is 4. The zero-order chi connectivity index (χ0) is 22.9. The first-order chi connectivity index (χ1) is 16.2. The summed E-state index contributed by atoms with van der Waals surface area (Å²) < 4.78 is 2.13. The van der Waals surface area contributed by atoms with Gasteiger partial charge >= 0.3 is 0 Å². The van der Waals surface area contributed by atoms with Gasteiger partial charge in [-0.15, -0.1) is 0 Å². The minimum absolute atomic E-state index is 0.239. The van der Waals surface area contributed by atoms with Gasteiger partial charge in [0.15, 0.2) is 5.96 Å². The molecule has 7 nitrogen and oxygen atoms in total. The van der Waals surface area contributed by atoms with Crippen LogP contribution in [-0.2, 0) is 24.3 Å². The number of amides is 1. The number of benzene rings is 2. The summed E-state index contributed by atoms with van der Waals surface area (Å²) in [6, 6.07) is 20.7. The van der Waals surface area contributed by atoms with Gasteiger partial charge in [-0.25, -0.2) is 4.98 Å². The lowest BCUT2D eigenvalue weighted by Crippen LogP contribution is -2.40. The molecular weight excluding hydrogens is 412 g/mol. The van der Waals surface area contributed by atoms with Crippen LogP contribution in [0.3, 0.4) is 0 Å². The van der Waals surface area contributed by atoms with E-state index in [1.165, 1.54) is 11.1 Å². The van der Waals surface area contributed by atoms with Gasteiger partial charge in [0.25, 0.3) is 0 Å². The van der Waals surface area contributed by atoms with Crippen molar-refractivity contribution in [1.29, 1.82) is 0 Å². The molecule has 0 bridgehead atoms. The zero-order valence-electron chi connectivity index (χ0n) is 19.2. The van der Waals surface area contributed by atoms with Gasteiger partial charge in [0.05, 0.1) is 6.54 Å². The van der Waals surface area contributed by atoms with Crippen LogP contribution in [-0.4, -0.2) is 53.0 Å². The van der Waals surface area contributed by atoms with E-state index in [1.807, 2.05) is 53.7 Å². The number of hydrogen-bond donors (Lipinski definition) is 2. The fraction of sp³-hybridized carbons (Fsp3) is 0.346. The minimum atomic E-state index is 0.239. The molecule has 2 heterocycles. The summed E-state index contributed by atoms with van der Waals surface area (Å²) in [5.41, 5.74) is 2.50. The van der Waals surface area contributed by atoms with E-state index in [2.05, 4.69) is 49.4 Å². The van der Waals surface area contributed by atoms with Crippen LogP contribution in [0, 0.1) is 5.92 Å². The molecule has 33 heavy (non-hydrogen) atoms. The third kappa shape index (κ3) is 6.44. The lowest BCUT2D eigenvalue weighted by Gasteiger charge is -2.18. The van der Waals surface area contributed by atoms with Crippen LogP contribution < -0.4 is 10.6 Å². The second-order valence-corrected chi connectivity index (χ2v) is 8.41. The largest absolute Gasteiger partial charge is 0.356 e. The smallest absolute Gasteiger partial charge is 0.223 e. The van der Waals surface area contributed by atoms with Gasteiger partial charge in [0.1, 0.15) is 5.82 Å². The van der Waals surface area contributed by atoms with E-state index < -0.39 is 0 Å². The first-order valence-corrected chi connectivity index (χ1v) is 11.5. The van der Waals surface area contributed by atoms with Crippen LogP contribution in [0.5, 0.6) is 0 Å². The Labute approximate surface area is 195 Å². The van der Waals surface area contributed by atoms with E-state index in [-0.39, 0.29) is 11.8 Å². The first-order valence-electron chi connectivity index (χ1n) is 11.5. The molecule has 2 N–H and O–H groups in total. The molecule has 4 rings (SSSR count). The third-order valence-electron chi connectivity index (χ3n) is 6.00. The van der Waals surface area contributed by atoms with Crippen LogP contribution in [0.1, 0.15) is 23.4 Å². The minimum Gasteiger partial charge on any atom is -0.356 e. The lowest BCUT2D eigenvalue weighted by atomic mass is 10.1. The van der Waals surface area contributed by atoms with E-state index in [0.717, 1.165) is 37.8 Å². The topological polar surface area (TPSA) is 74.5 Å². The Hall–Kier alpha value is -3.61. The monoisotopic (exact) mass is 444 g/mol. The number of aromatic nitrogens is 2. The molecule has 1 aliphatic rings. The molecular formula is C26H32N6O. The van der Waals surface area contributed by atoms with Crippen molar-refractivity contribution in [2.45, 2.75) is 25.9 Å². The quantitative estimate of drug-likeness (QED) is 0.393. The van der Waals surface area contributed by atoms with Crippen LogP contribution in [0.15, 0.2) is 78.0 Å². The molecule has 1 aliphatic heterocycles. The van der Waals surface area contributed by atoms with Crippen molar-refractivity contribution in [3.8, 4) is 0 Å². The van der Waals surface area contributed by atoms with E-state index in [9.17, 15) is 4.79 Å². The number of aliphatic imine (C=N–C) groups is 1. The number of likely N-dealkylation sites (tertiary alicyclic amines) is 1. The van der Waals surface area contributed by atoms with Crippen molar-refractivity contribution < 1.29 is 4.79 Å². The average molecular weight is 445 g/mol. The maximum atomic E-state index is 12.4. The Bertz CT molecular complexity index is 1050. The molecule has 0 spiro atoms. The highest BCUT2D eigenvalue weighted by Gasteiger charge is 2.29. The van der Waals surface area contributed by atoms with E-state index in [0.29, 0.717) is 19.5 Å². The molecule has 1 amide bonds. The SMILES string of the molecule is CN=C(NCc1nccn1Cc1ccccc1)NCC1CC(=O)N(CCc2ccccc2)C1. The van der Waals surface area contributed by atoms with Crippen molar-refractivity contribution in [3.63, 3.8) is 0 Å². The third-order valence-corrected chi connectivity index (χ3v) is 6.00. The Morgan fingerprint density at radius 1 is 1.06 bits per heavy atom. The molecule has 3 aromatic rings. The highest BCUT2D eigenvalue weighted by molar-refractivity contribution is 5.80. The van der Waals surface area contributed by atoms with Gasteiger partial charge in [0, 0.05) is 58.0 Å². The molecule has 7 heteroatoms. The van der Waals surface area contributed by atoms with E-state index in [1.54, 1.807) is 7.05 Å². The highest BCUT2D eigenvalue weighted by atomic mass is 16.2. The Balaban J connectivity index is 1.22. The fourth-order valence-corrected chi connectivity index (χ4v) is 4.17. The van der Waals surface area contributed by atoms with Gasteiger partial charge in [0.2, 0.25) is 5.91 Å². The molecule has 0 aliphatic carbocycles. The summed E-state index contributed by atoms with van der Waals surface area (Å²) in [7, 11) is 1.76. The number of guanidine groups is 1. The number of hydrogen-bond acceptors (Lipinski definition) is 3. The van der Waals surface area contributed by atoms with Crippen molar-refractivity contribution in [2.24, 2.45) is 10.9 Å². The number of carbonyl (C=O) groups excluding carboxylic acids is 1. The van der Waals surface area contributed by atoms with Gasteiger partial charge in [-0.3, -0.25) is 9.79 Å². The molecule has 1 fully saturated rings. The van der Waals surface area contributed by atoms with Crippen molar-refractivity contribution in [1.82, 2.24) is 25.1 Å². The maximum Gasteiger partial charge on any atom is 0.223 e. The van der Waals surface area contributed by atoms with Crippen LogP contribution >= 0.6 is 0 Å². The normalized spacial score (nSPS) is 16.3. The van der Waals surface area contributed by atoms with Gasteiger partial charge in [-0.2, -0.15) is 0 Å². The standard InChI is InChI=1S/C26H32N6O/c1-27-26(30-18-24-28-13-15-31(24)19-22-10-6-3-7-11-22)29-17-23-16-25(33)32(20-23)14-12-21-8-4-2-5-9-21/h2-11,13,15,23H,12,14,16-20H2,1H3,(H2,27,29,30). The average Bonchev–Trinajstić information content (AvgIpc) is 3.44. The molecule has 1 atom stereocenters. The number of rotatable bonds is 9. The summed E-state index contributed by atoms with van der Waals surface area (Å²) in [4.78, 5) is 23.2. The molecule has 172 valence electrons. The predicted octanol–water partition coefficient (Wildman–Crippen LogP) is 2.69. The molecule has 1 aromatic heterocycles. The number of nitrogens with one attached hydrogen (secondary N) is 2. The molecule has 0 radical (unpaired) electrons. The van der Waals surface area contributed by atoms with Crippen molar-refractivity contribution >= 4 is 11.9 Å². The summed E-state index contributed by atoms with van der Waals surface area (Å²) >= 11 is 0. The summed E-state index contributed by atoms with van der Waals surface area (Å²) in [6.45, 7) is 3.64. The van der Waals surface area contributed by atoms with Crippen molar-refractivity contribution in [2.75, 3.05) is 26.7 Å². The van der Waals surface area contributed by atoms with Gasteiger partial charge < -0.3 is 20.1 Å². The highest BCUT2D eigenvalue weighted by Crippen LogP contribution is 2.17. The maximum absolute atomic E-state index is 12.4. The van der Waals surface area contributed by atoms with Gasteiger partial charge in [-0.1, -0.05) is 60.7 Å². The van der Waals surface area contributed by atoms with Gasteiger partial charge in [-0.05, 0) is 17.5 Å². The molecule has 1 unspecified atom stereocenters. The van der Waals surface area contributed by atoms with Crippen LogP contribution in [0.25, 0.3) is 0 Å². The molecule has 2 aromatic carbocycles. The summed E-state index contributed by atoms with van der Waals surface area (Å²) in [5, 5.41) is 6.73. The summed E-state index contributed by atoms with van der Waals surface area (Å²) in [6.07, 6.45) is 5.30. The van der Waals surface area contributed by atoms with Crippen LogP contribution in [0.2, 0.25) is 0 Å². The zero-order valence-corrected chi connectivity index (χ0v) is 19.2. The molecule has 0 saturated carbocycles. The Kier molecular flexibility index (Phi) is 7.74. The summed E-state index contributed by atoms with van der Waals surface area (Å²) in [5.74, 6) is 2.19. The van der Waals surface area contributed by atoms with E-state index in [4.69, 9.17) is 0 Å².